The molecule has 3 atom stereocenters. The van der Waals surface area contributed by atoms with Gasteiger partial charge in [0.15, 0.2) is 0 Å². The van der Waals surface area contributed by atoms with Crippen LogP contribution in [0.15, 0.2) is 24.3 Å². The molecule has 1 aliphatic carbocycles. The van der Waals surface area contributed by atoms with Crippen LogP contribution in [0.25, 0.3) is 0 Å². The number of hydrogen-bond acceptors (Lipinski definition) is 4. The van der Waals surface area contributed by atoms with Crippen molar-refractivity contribution >= 4 is 11.8 Å². The van der Waals surface area contributed by atoms with E-state index in [0.29, 0.717) is 12.8 Å². The molecule has 0 radical (unpaired) electrons. The smallest absolute Gasteiger partial charge is 0.233 e. The zero-order valence-electron chi connectivity index (χ0n) is 15.0. The van der Waals surface area contributed by atoms with Crippen molar-refractivity contribution in [1.82, 2.24) is 4.90 Å². The van der Waals surface area contributed by atoms with Gasteiger partial charge in [-0.1, -0.05) is 24.3 Å². The van der Waals surface area contributed by atoms with Crippen LogP contribution in [0, 0.1) is 32.6 Å². The number of benzene rings is 1. The Kier molecular flexibility index (Phi) is 4.95. The highest BCUT2D eigenvalue weighted by Crippen LogP contribution is 2.35. The first-order valence-electron chi connectivity index (χ1n) is 8.78. The number of β-amino-alcohol motifs (C(OH)–C–C–N with tert-alkyl or cyclic N) is 1. The minimum Gasteiger partial charge on any atom is -0.490 e. The van der Waals surface area contributed by atoms with E-state index in [1.54, 1.807) is 0 Å². The molecule has 2 amide bonds. The maximum absolute atomic E-state index is 12.4. The van der Waals surface area contributed by atoms with Gasteiger partial charge in [-0.25, -0.2) is 0 Å². The number of likely N-dealkylation sites (tertiary alicyclic amines) is 1. The molecule has 0 bridgehead atoms. The Hall–Kier alpha value is -2.14. The maximum Gasteiger partial charge on any atom is 0.233 e. The largest absolute Gasteiger partial charge is 0.490 e. The second-order valence-electron chi connectivity index (χ2n) is 7.06. The molecule has 1 aliphatic heterocycles. The monoisotopic (exact) mass is 343 g/mol. The maximum atomic E-state index is 12.4. The van der Waals surface area contributed by atoms with Crippen LogP contribution in [0.5, 0.6) is 5.75 Å². The standard InChI is InChI=1S/C20H25NO4/c1-12-8-9-13(2)18(14(12)3)25-11-15(22)10-21-19(23)16-6-4-5-7-17(16)20(21)24/h4-5,8-9,15-17,22H,6-7,10-11H2,1-3H3/t15-,16-,17+/m1/s1. The van der Waals surface area contributed by atoms with Gasteiger partial charge in [0.2, 0.25) is 11.8 Å². The summed E-state index contributed by atoms with van der Waals surface area (Å²) >= 11 is 0. The number of carbonyl (C=O) groups excluding carboxylic acids is 2. The number of ether oxygens (including phenoxy) is 1. The van der Waals surface area contributed by atoms with E-state index >= 15 is 0 Å². The van der Waals surface area contributed by atoms with Gasteiger partial charge >= 0.3 is 0 Å². The molecule has 1 heterocycles. The second kappa shape index (κ2) is 7.00. The summed E-state index contributed by atoms with van der Waals surface area (Å²) in [5.74, 6) is -0.0858. The number of allylic oxidation sites excluding steroid dienone is 2. The van der Waals surface area contributed by atoms with Gasteiger partial charge in [0.25, 0.3) is 0 Å². The molecule has 1 N–H and O–H groups in total. The van der Waals surface area contributed by atoms with Crippen LogP contribution in [-0.2, 0) is 9.59 Å². The number of fused-ring (bicyclic) bond motifs is 1. The van der Waals surface area contributed by atoms with Gasteiger partial charge in [0, 0.05) is 0 Å². The highest BCUT2D eigenvalue weighted by molar-refractivity contribution is 6.05. The Morgan fingerprint density at radius 3 is 2.24 bits per heavy atom. The summed E-state index contributed by atoms with van der Waals surface area (Å²) in [7, 11) is 0. The number of rotatable bonds is 5. The number of nitrogens with zero attached hydrogens (tertiary/aromatic N) is 1. The van der Waals surface area contributed by atoms with Crippen molar-refractivity contribution in [2.45, 2.75) is 39.7 Å². The van der Waals surface area contributed by atoms with Crippen molar-refractivity contribution in [3.63, 3.8) is 0 Å². The fourth-order valence-corrected chi connectivity index (χ4v) is 3.64. The van der Waals surface area contributed by atoms with Gasteiger partial charge in [0.05, 0.1) is 18.4 Å². The molecular weight excluding hydrogens is 318 g/mol. The van der Waals surface area contributed by atoms with E-state index in [-0.39, 0.29) is 36.8 Å². The number of imide groups is 1. The van der Waals surface area contributed by atoms with Crippen LogP contribution in [-0.4, -0.2) is 41.1 Å². The first-order valence-corrected chi connectivity index (χ1v) is 8.78. The van der Waals surface area contributed by atoms with Gasteiger partial charge in [-0.15, -0.1) is 0 Å². The third-order valence-corrected chi connectivity index (χ3v) is 5.29. The molecule has 3 rings (SSSR count). The minimum atomic E-state index is -0.902. The molecule has 0 unspecified atom stereocenters. The molecule has 134 valence electrons. The van der Waals surface area contributed by atoms with Crippen LogP contribution in [0.1, 0.15) is 29.5 Å². The summed E-state index contributed by atoms with van der Waals surface area (Å²) in [6.45, 7) is 5.99. The third-order valence-electron chi connectivity index (χ3n) is 5.29. The predicted molar refractivity (Wildman–Crippen MR) is 94.2 cm³/mol. The van der Waals surface area contributed by atoms with Crippen LogP contribution in [0.2, 0.25) is 0 Å². The predicted octanol–water partition coefficient (Wildman–Crippen LogP) is 2.30. The Morgan fingerprint density at radius 1 is 1.08 bits per heavy atom. The Morgan fingerprint density at radius 2 is 1.64 bits per heavy atom. The lowest BCUT2D eigenvalue weighted by molar-refractivity contribution is -0.141. The van der Waals surface area contributed by atoms with Gasteiger partial charge in [-0.2, -0.15) is 0 Å². The quantitative estimate of drug-likeness (QED) is 0.658. The molecule has 25 heavy (non-hydrogen) atoms. The average molecular weight is 343 g/mol. The lowest BCUT2D eigenvalue weighted by atomic mass is 9.85. The van der Waals surface area contributed by atoms with Gasteiger partial charge in [-0.05, 0) is 50.3 Å². The number of carbonyl (C=O) groups is 2. The van der Waals surface area contributed by atoms with Crippen LogP contribution in [0.3, 0.4) is 0 Å². The molecule has 0 spiro atoms. The average Bonchev–Trinajstić information content (AvgIpc) is 2.84. The van der Waals surface area contributed by atoms with E-state index in [4.69, 9.17) is 4.74 Å². The van der Waals surface area contributed by atoms with Crippen molar-refractivity contribution in [2.24, 2.45) is 11.8 Å². The molecule has 5 nitrogen and oxygen atoms in total. The summed E-state index contributed by atoms with van der Waals surface area (Å²) in [5, 5.41) is 10.3. The summed E-state index contributed by atoms with van der Waals surface area (Å²) in [4.78, 5) is 26.1. The Bertz CT molecular complexity index is 699. The normalized spacial score (nSPS) is 23.8. The fourth-order valence-electron chi connectivity index (χ4n) is 3.64. The zero-order chi connectivity index (χ0) is 18.1. The summed E-state index contributed by atoms with van der Waals surface area (Å²) in [5.41, 5.74) is 3.16. The molecule has 1 fully saturated rings. The summed E-state index contributed by atoms with van der Waals surface area (Å²) in [6.07, 6.45) is 4.23. The van der Waals surface area contributed by atoms with Gasteiger partial charge in [0.1, 0.15) is 18.5 Å². The Balaban J connectivity index is 1.62. The van der Waals surface area contributed by atoms with E-state index in [0.717, 1.165) is 22.4 Å². The summed E-state index contributed by atoms with van der Waals surface area (Å²) < 4.78 is 5.80. The van der Waals surface area contributed by atoms with E-state index in [1.165, 1.54) is 4.90 Å². The molecule has 0 saturated carbocycles. The lowest BCUT2D eigenvalue weighted by Gasteiger charge is -2.21. The van der Waals surface area contributed by atoms with Crippen LogP contribution >= 0.6 is 0 Å². The summed E-state index contributed by atoms with van der Waals surface area (Å²) in [6, 6.07) is 4.01. The molecule has 2 aliphatic rings. The molecule has 0 aromatic heterocycles. The van der Waals surface area contributed by atoms with Crippen LogP contribution < -0.4 is 4.74 Å². The molecule has 1 saturated heterocycles. The minimum absolute atomic E-state index is 0.00538. The zero-order valence-corrected chi connectivity index (χ0v) is 15.0. The number of aryl methyl sites for hydroxylation is 2. The van der Waals surface area contributed by atoms with E-state index in [2.05, 4.69) is 0 Å². The number of aliphatic hydroxyl groups is 1. The van der Waals surface area contributed by atoms with Crippen molar-refractivity contribution in [3.05, 3.63) is 41.0 Å². The molecule has 5 heteroatoms. The number of hydrogen-bond donors (Lipinski definition) is 1. The molecule has 1 aromatic rings. The van der Waals surface area contributed by atoms with Gasteiger partial charge < -0.3 is 9.84 Å². The number of amides is 2. The first-order chi connectivity index (χ1) is 11.9. The molecular formula is C20H25NO4. The highest BCUT2D eigenvalue weighted by atomic mass is 16.5. The van der Waals surface area contributed by atoms with Crippen molar-refractivity contribution < 1.29 is 19.4 Å². The van der Waals surface area contributed by atoms with Crippen molar-refractivity contribution in [1.29, 1.82) is 0 Å². The third kappa shape index (κ3) is 3.33. The Labute approximate surface area is 148 Å². The SMILES string of the molecule is Cc1ccc(C)c(OC[C@H](O)CN2C(=O)[C@H]3CC=CC[C@H]3C2=O)c1C. The van der Waals surface area contributed by atoms with Crippen LogP contribution in [0.4, 0.5) is 0 Å². The first kappa shape index (κ1) is 17.7. The topological polar surface area (TPSA) is 66.8 Å². The van der Waals surface area contributed by atoms with E-state index in [9.17, 15) is 14.7 Å². The van der Waals surface area contributed by atoms with E-state index < -0.39 is 6.10 Å². The van der Waals surface area contributed by atoms with Crippen molar-refractivity contribution in [2.75, 3.05) is 13.2 Å². The fraction of sp³-hybridized carbons (Fsp3) is 0.500. The molecule has 1 aromatic carbocycles. The number of aliphatic hydroxyl groups excluding tert-OH is 1. The van der Waals surface area contributed by atoms with Gasteiger partial charge in [-0.3, -0.25) is 14.5 Å². The second-order valence-corrected chi connectivity index (χ2v) is 7.06. The van der Waals surface area contributed by atoms with E-state index in [1.807, 2.05) is 45.1 Å². The highest BCUT2D eigenvalue weighted by Gasteiger charge is 2.47. The lowest BCUT2D eigenvalue weighted by Crippen LogP contribution is -2.40. The van der Waals surface area contributed by atoms with Crippen molar-refractivity contribution in [3.8, 4) is 5.75 Å².